The number of pyridine rings is 1. The first kappa shape index (κ1) is 12.1. The third-order valence-corrected chi connectivity index (χ3v) is 2.99. The molecule has 1 atom stereocenters. The molecule has 1 N–H and O–H groups in total. The summed E-state index contributed by atoms with van der Waals surface area (Å²) in [6, 6.07) is 3.75. The topological polar surface area (TPSA) is 50.9 Å². The van der Waals surface area contributed by atoms with Gasteiger partial charge in [0.25, 0.3) is 0 Å². The zero-order valence-corrected chi connectivity index (χ0v) is 10.5. The van der Waals surface area contributed by atoms with E-state index in [0.29, 0.717) is 23.0 Å². The summed E-state index contributed by atoms with van der Waals surface area (Å²) in [5, 5.41) is 14.9. The Morgan fingerprint density at radius 3 is 2.94 bits per heavy atom. The second kappa shape index (κ2) is 4.85. The van der Waals surface area contributed by atoms with Crippen LogP contribution in [0.25, 0.3) is 0 Å². The van der Waals surface area contributed by atoms with Crippen LogP contribution in [-0.2, 0) is 6.54 Å². The lowest BCUT2D eigenvalue weighted by molar-refractivity contribution is 0.202. The van der Waals surface area contributed by atoms with E-state index in [4.69, 9.17) is 11.6 Å². The quantitative estimate of drug-likeness (QED) is 0.911. The Hall–Kier alpha value is -1.39. The Labute approximate surface area is 105 Å². The minimum absolute atomic E-state index is 0.462. The van der Waals surface area contributed by atoms with E-state index >= 15 is 0 Å². The van der Waals surface area contributed by atoms with Crippen LogP contribution >= 0.6 is 11.6 Å². The van der Waals surface area contributed by atoms with Crippen molar-refractivity contribution < 1.29 is 5.11 Å². The van der Waals surface area contributed by atoms with Crippen molar-refractivity contribution >= 4 is 11.6 Å². The van der Waals surface area contributed by atoms with E-state index < -0.39 is 6.10 Å². The number of hydrogen-bond donors (Lipinski definition) is 1. The first-order valence-corrected chi connectivity index (χ1v) is 5.83. The summed E-state index contributed by atoms with van der Waals surface area (Å²) >= 11 is 6.05. The van der Waals surface area contributed by atoms with Crippen LogP contribution in [0.15, 0.2) is 24.5 Å². The van der Waals surface area contributed by atoms with Crippen molar-refractivity contribution in [2.75, 3.05) is 0 Å². The minimum atomic E-state index is -0.842. The van der Waals surface area contributed by atoms with E-state index in [1.54, 1.807) is 17.1 Å². The highest BCUT2D eigenvalue weighted by Crippen LogP contribution is 2.28. The Balaban J connectivity index is 2.47. The molecule has 17 heavy (non-hydrogen) atoms. The fourth-order valence-corrected chi connectivity index (χ4v) is 2.05. The van der Waals surface area contributed by atoms with Gasteiger partial charge in [-0.15, -0.1) is 0 Å². The molecule has 0 aliphatic heterocycles. The van der Waals surface area contributed by atoms with Crippen LogP contribution in [0.1, 0.15) is 30.0 Å². The third kappa shape index (κ3) is 2.18. The summed E-state index contributed by atoms with van der Waals surface area (Å²) in [5.41, 5.74) is 2.14. The highest BCUT2D eigenvalue weighted by atomic mass is 35.5. The van der Waals surface area contributed by atoms with Crippen molar-refractivity contribution in [2.45, 2.75) is 26.5 Å². The van der Waals surface area contributed by atoms with E-state index in [9.17, 15) is 5.11 Å². The smallest absolute Gasteiger partial charge is 0.139 e. The zero-order valence-electron chi connectivity index (χ0n) is 9.76. The molecule has 0 aromatic carbocycles. The number of aryl methyl sites for hydroxylation is 2. The maximum absolute atomic E-state index is 10.3. The molecule has 0 saturated heterocycles. The first-order valence-electron chi connectivity index (χ1n) is 5.46. The largest absolute Gasteiger partial charge is 0.380 e. The van der Waals surface area contributed by atoms with Gasteiger partial charge in [-0.1, -0.05) is 17.7 Å². The summed E-state index contributed by atoms with van der Waals surface area (Å²) in [7, 11) is 0. The molecule has 0 aliphatic carbocycles. The lowest BCUT2D eigenvalue weighted by Gasteiger charge is -2.14. The van der Waals surface area contributed by atoms with Crippen LogP contribution in [0, 0.1) is 6.92 Å². The summed E-state index contributed by atoms with van der Waals surface area (Å²) in [5.74, 6) is 0. The Kier molecular flexibility index (Phi) is 3.45. The Morgan fingerprint density at radius 2 is 2.29 bits per heavy atom. The number of halogens is 1. The molecular weight excluding hydrogens is 238 g/mol. The maximum Gasteiger partial charge on any atom is 0.139 e. The molecule has 0 saturated carbocycles. The van der Waals surface area contributed by atoms with Crippen molar-refractivity contribution in [3.63, 3.8) is 0 Å². The van der Waals surface area contributed by atoms with Crippen LogP contribution in [0.4, 0.5) is 0 Å². The minimum Gasteiger partial charge on any atom is -0.380 e. The van der Waals surface area contributed by atoms with Gasteiger partial charge in [-0.3, -0.25) is 9.67 Å². The summed E-state index contributed by atoms with van der Waals surface area (Å²) in [6.07, 6.45) is 2.36. The Bertz CT molecular complexity index is 524. The molecule has 0 fully saturated rings. The Morgan fingerprint density at radius 1 is 1.53 bits per heavy atom. The molecular formula is C12H14ClN3O. The molecule has 0 radical (unpaired) electrons. The molecule has 0 bridgehead atoms. The summed E-state index contributed by atoms with van der Waals surface area (Å²) < 4.78 is 1.68. The fourth-order valence-electron chi connectivity index (χ4n) is 1.81. The van der Waals surface area contributed by atoms with E-state index in [0.717, 1.165) is 5.56 Å². The van der Waals surface area contributed by atoms with E-state index in [1.807, 2.05) is 26.0 Å². The molecule has 0 amide bonds. The molecule has 2 heterocycles. The third-order valence-electron chi connectivity index (χ3n) is 2.70. The second-order valence-electron chi connectivity index (χ2n) is 3.80. The number of aliphatic hydroxyl groups is 1. The number of hydrogen-bond acceptors (Lipinski definition) is 3. The van der Waals surface area contributed by atoms with Gasteiger partial charge in [0.1, 0.15) is 6.10 Å². The van der Waals surface area contributed by atoms with E-state index in [-0.39, 0.29) is 0 Å². The molecule has 5 heteroatoms. The maximum atomic E-state index is 10.3. The second-order valence-corrected chi connectivity index (χ2v) is 4.21. The number of aromatic nitrogens is 3. The van der Waals surface area contributed by atoms with Crippen LogP contribution in [-0.4, -0.2) is 19.9 Å². The van der Waals surface area contributed by atoms with E-state index in [1.165, 1.54) is 0 Å². The van der Waals surface area contributed by atoms with Gasteiger partial charge in [0, 0.05) is 12.7 Å². The van der Waals surface area contributed by atoms with Crippen molar-refractivity contribution in [3.8, 4) is 0 Å². The number of rotatable bonds is 3. The number of aliphatic hydroxyl groups excluding tert-OH is 1. The number of nitrogens with zero attached hydrogens (tertiary/aromatic N) is 3. The van der Waals surface area contributed by atoms with E-state index in [2.05, 4.69) is 10.1 Å². The molecule has 2 aromatic rings. The average Bonchev–Trinajstić information content (AvgIpc) is 2.70. The first-order chi connectivity index (χ1) is 8.15. The fraction of sp³-hybridized carbons (Fsp3) is 0.333. The van der Waals surface area contributed by atoms with Crippen molar-refractivity contribution in [1.82, 2.24) is 14.8 Å². The average molecular weight is 252 g/mol. The van der Waals surface area contributed by atoms with Gasteiger partial charge < -0.3 is 5.11 Å². The van der Waals surface area contributed by atoms with Gasteiger partial charge in [-0.25, -0.2) is 0 Å². The zero-order chi connectivity index (χ0) is 12.4. The standard InChI is InChI=1S/C12H14ClN3O/c1-3-16-11(9(13)7-15-16)12(17)10-8(2)5-4-6-14-10/h4-7,12,17H,3H2,1-2H3. The predicted molar refractivity (Wildman–Crippen MR) is 65.9 cm³/mol. The summed E-state index contributed by atoms with van der Waals surface area (Å²) in [4.78, 5) is 4.20. The molecule has 2 rings (SSSR count). The van der Waals surface area contributed by atoms with Gasteiger partial charge in [0.05, 0.1) is 22.6 Å². The van der Waals surface area contributed by atoms with Crippen LogP contribution in [0.3, 0.4) is 0 Å². The van der Waals surface area contributed by atoms with Crippen molar-refractivity contribution in [2.24, 2.45) is 0 Å². The van der Waals surface area contributed by atoms with Gasteiger partial charge in [-0.05, 0) is 25.5 Å². The summed E-state index contributed by atoms with van der Waals surface area (Å²) in [6.45, 7) is 4.52. The van der Waals surface area contributed by atoms with Crippen molar-refractivity contribution in [1.29, 1.82) is 0 Å². The van der Waals surface area contributed by atoms with Crippen molar-refractivity contribution in [3.05, 3.63) is 46.5 Å². The van der Waals surface area contributed by atoms with Gasteiger partial charge >= 0.3 is 0 Å². The van der Waals surface area contributed by atoms with Crippen LogP contribution in [0.5, 0.6) is 0 Å². The lowest BCUT2D eigenvalue weighted by Crippen LogP contribution is -2.11. The SMILES string of the molecule is CCn1ncc(Cl)c1C(O)c1ncccc1C. The molecule has 0 aliphatic rings. The monoisotopic (exact) mass is 251 g/mol. The molecule has 0 spiro atoms. The van der Waals surface area contributed by atoms with Gasteiger partial charge in [0.15, 0.2) is 0 Å². The van der Waals surface area contributed by atoms with Crippen LogP contribution in [0.2, 0.25) is 5.02 Å². The normalized spacial score (nSPS) is 12.7. The lowest BCUT2D eigenvalue weighted by atomic mass is 10.1. The molecule has 4 nitrogen and oxygen atoms in total. The molecule has 2 aromatic heterocycles. The predicted octanol–water partition coefficient (Wildman–Crippen LogP) is 2.34. The highest BCUT2D eigenvalue weighted by molar-refractivity contribution is 6.31. The van der Waals surface area contributed by atoms with Gasteiger partial charge in [0.2, 0.25) is 0 Å². The molecule has 1 unspecified atom stereocenters. The molecule has 90 valence electrons. The van der Waals surface area contributed by atoms with Gasteiger partial charge in [-0.2, -0.15) is 5.10 Å². The van der Waals surface area contributed by atoms with Crippen LogP contribution < -0.4 is 0 Å². The highest BCUT2D eigenvalue weighted by Gasteiger charge is 2.21.